The van der Waals surface area contributed by atoms with E-state index >= 15 is 0 Å². The first-order valence-corrected chi connectivity index (χ1v) is 8.16. The Kier molecular flexibility index (Phi) is 5.76. The van der Waals surface area contributed by atoms with E-state index in [9.17, 15) is 9.59 Å². The van der Waals surface area contributed by atoms with Crippen LogP contribution < -0.4 is 10.6 Å². The second-order valence-electron chi connectivity index (χ2n) is 6.24. The van der Waals surface area contributed by atoms with E-state index in [2.05, 4.69) is 22.7 Å². The lowest BCUT2D eigenvalue weighted by Gasteiger charge is -2.39. The molecule has 2 amide bonds. The van der Waals surface area contributed by atoms with E-state index in [0.29, 0.717) is 11.8 Å². The zero-order chi connectivity index (χ0) is 17.0. The average molecular weight is 322 g/mol. The summed E-state index contributed by atoms with van der Waals surface area (Å²) in [7, 11) is 0. The molecule has 3 atom stereocenters. The first kappa shape index (κ1) is 17.5. The zero-order valence-corrected chi connectivity index (χ0v) is 14.3. The van der Waals surface area contributed by atoms with Crippen LogP contribution in [0.25, 0.3) is 0 Å². The Balaban J connectivity index is 1.89. The standard InChI is InChI=1S/C16H26N4O3/c1-5-13-9-20(12(4)21)7-6-14(13)17-11(3)16(22)18-15-8-10(2)19-23-15/h8,11,13-14,17H,5-7,9H2,1-4H3,(H,18,22). The van der Waals surface area contributed by atoms with Crippen LogP contribution in [0, 0.1) is 12.8 Å². The summed E-state index contributed by atoms with van der Waals surface area (Å²) in [6.07, 6.45) is 1.83. The minimum absolute atomic E-state index is 0.119. The normalized spacial score (nSPS) is 22.7. The molecule has 0 bridgehead atoms. The van der Waals surface area contributed by atoms with Gasteiger partial charge in [0, 0.05) is 32.1 Å². The van der Waals surface area contributed by atoms with E-state index in [-0.39, 0.29) is 23.9 Å². The molecule has 0 radical (unpaired) electrons. The molecule has 1 aliphatic heterocycles. The van der Waals surface area contributed by atoms with Crippen LogP contribution in [0.5, 0.6) is 0 Å². The molecule has 3 unspecified atom stereocenters. The molecule has 7 heteroatoms. The molecule has 7 nitrogen and oxygen atoms in total. The van der Waals surface area contributed by atoms with Gasteiger partial charge in [0.2, 0.25) is 17.7 Å². The van der Waals surface area contributed by atoms with Crippen LogP contribution in [-0.4, -0.2) is 47.0 Å². The lowest BCUT2D eigenvalue weighted by Crippen LogP contribution is -2.54. The van der Waals surface area contributed by atoms with Crippen LogP contribution in [0.1, 0.15) is 39.3 Å². The minimum Gasteiger partial charge on any atom is -0.343 e. The third kappa shape index (κ3) is 4.54. The number of amides is 2. The Morgan fingerprint density at radius 1 is 1.52 bits per heavy atom. The molecular formula is C16H26N4O3. The number of aromatic nitrogens is 1. The number of carbonyl (C=O) groups is 2. The summed E-state index contributed by atoms with van der Waals surface area (Å²) in [6.45, 7) is 8.84. The number of anilines is 1. The van der Waals surface area contributed by atoms with Gasteiger partial charge in [-0.1, -0.05) is 18.5 Å². The topological polar surface area (TPSA) is 87.5 Å². The summed E-state index contributed by atoms with van der Waals surface area (Å²) in [5.74, 6) is 0.688. The third-order valence-electron chi connectivity index (χ3n) is 4.44. The van der Waals surface area contributed by atoms with Crippen LogP contribution in [0.3, 0.4) is 0 Å². The minimum atomic E-state index is -0.344. The summed E-state index contributed by atoms with van der Waals surface area (Å²) in [5.41, 5.74) is 0.726. The Labute approximate surface area is 136 Å². The number of likely N-dealkylation sites (tertiary alicyclic amines) is 1. The highest BCUT2D eigenvalue weighted by molar-refractivity contribution is 5.93. The predicted molar refractivity (Wildman–Crippen MR) is 86.9 cm³/mol. The van der Waals surface area contributed by atoms with Gasteiger partial charge in [0.05, 0.1) is 11.7 Å². The summed E-state index contributed by atoms with van der Waals surface area (Å²) in [6, 6.07) is 1.57. The highest BCUT2D eigenvalue weighted by Gasteiger charge is 2.31. The van der Waals surface area contributed by atoms with E-state index in [1.165, 1.54) is 0 Å². The molecular weight excluding hydrogens is 296 g/mol. The SMILES string of the molecule is CCC1CN(C(C)=O)CCC1NC(C)C(=O)Nc1cc(C)no1. The molecule has 1 fully saturated rings. The largest absolute Gasteiger partial charge is 0.343 e. The Bertz CT molecular complexity index is 557. The summed E-state index contributed by atoms with van der Waals surface area (Å²) in [4.78, 5) is 25.6. The fourth-order valence-corrected chi connectivity index (χ4v) is 3.00. The molecule has 0 aromatic carbocycles. The fourth-order valence-electron chi connectivity index (χ4n) is 3.00. The molecule has 23 heavy (non-hydrogen) atoms. The van der Waals surface area contributed by atoms with Crippen molar-refractivity contribution in [3.05, 3.63) is 11.8 Å². The molecule has 1 aromatic rings. The molecule has 1 aliphatic rings. The highest BCUT2D eigenvalue weighted by Crippen LogP contribution is 2.21. The van der Waals surface area contributed by atoms with Crippen molar-refractivity contribution in [3.8, 4) is 0 Å². The number of hydrogen-bond acceptors (Lipinski definition) is 5. The number of rotatable bonds is 5. The number of aryl methyl sites for hydroxylation is 1. The maximum atomic E-state index is 12.2. The molecule has 128 valence electrons. The maximum Gasteiger partial charge on any atom is 0.243 e. The number of nitrogens with one attached hydrogen (secondary N) is 2. The van der Waals surface area contributed by atoms with E-state index in [0.717, 1.165) is 31.6 Å². The van der Waals surface area contributed by atoms with Crippen molar-refractivity contribution in [1.29, 1.82) is 0 Å². The Hall–Kier alpha value is -1.89. The van der Waals surface area contributed by atoms with Crippen molar-refractivity contribution in [1.82, 2.24) is 15.4 Å². The smallest absolute Gasteiger partial charge is 0.243 e. The monoisotopic (exact) mass is 322 g/mol. The molecule has 0 saturated carbocycles. The number of carbonyl (C=O) groups excluding carboxylic acids is 2. The van der Waals surface area contributed by atoms with Gasteiger partial charge in [-0.15, -0.1) is 0 Å². The molecule has 2 rings (SSSR count). The highest BCUT2D eigenvalue weighted by atomic mass is 16.5. The predicted octanol–water partition coefficient (Wildman–Crippen LogP) is 1.55. The molecule has 1 saturated heterocycles. The van der Waals surface area contributed by atoms with Crippen LogP contribution >= 0.6 is 0 Å². The van der Waals surface area contributed by atoms with Crippen LogP contribution in [-0.2, 0) is 9.59 Å². The van der Waals surface area contributed by atoms with E-state index in [1.54, 1.807) is 19.9 Å². The van der Waals surface area contributed by atoms with E-state index in [1.807, 2.05) is 11.8 Å². The van der Waals surface area contributed by atoms with Crippen LogP contribution in [0.15, 0.2) is 10.6 Å². The van der Waals surface area contributed by atoms with Crippen molar-refractivity contribution >= 4 is 17.7 Å². The van der Waals surface area contributed by atoms with Gasteiger partial charge in [-0.3, -0.25) is 14.9 Å². The molecule has 2 heterocycles. The molecule has 1 aromatic heterocycles. The Morgan fingerprint density at radius 2 is 2.26 bits per heavy atom. The van der Waals surface area contributed by atoms with Crippen molar-refractivity contribution < 1.29 is 14.1 Å². The first-order valence-electron chi connectivity index (χ1n) is 8.16. The van der Waals surface area contributed by atoms with Crippen LogP contribution in [0.4, 0.5) is 5.88 Å². The van der Waals surface area contributed by atoms with Gasteiger partial charge in [0.25, 0.3) is 0 Å². The second-order valence-corrected chi connectivity index (χ2v) is 6.24. The summed E-state index contributed by atoms with van der Waals surface area (Å²) < 4.78 is 5.00. The average Bonchev–Trinajstić information content (AvgIpc) is 2.92. The van der Waals surface area contributed by atoms with E-state index in [4.69, 9.17) is 4.52 Å². The van der Waals surface area contributed by atoms with Gasteiger partial charge in [-0.25, -0.2) is 0 Å². The maximum absolute atomic E-state index is 12.2. The summed E-state index contributed by atoms with van der Waals surface area (Å²) >= 11 is 0. The molecule has 0 aliphatic carbocycles. The number of hydrogen-bond donors (Lipinski definition) is 2. The van der Waals surface area contributed by atoms with Crippen molar-refractivity contribution in [3.63, 3.8) is 0 Å². The molecule has 2 N–H and O–H groups in total. The zero-order valence-electron chi connectivity index (χ0n) is 14.3. The second kappa shape index (κ2) is 7.59. The van der Waals surface area contributed by atoms with E-state index < -0.39 is 0 Å². The lowest BCUT2D eigenvalue weighted by atomic mass is 9.89. The van der Waals surface area contributed by atoms with Crippen molar-refractivity contribution in [2.75, 3.05) is 18.4 Å². The van der Waals surface area contributed by atoms with Crippen molar-refractivity contribution in [2.24, 2.45) is 5.92 Å². The number of nitrogens with zero attached hydrogens (tertiary/aromatic N) is 2. The quantitative estimate of drug-likeness (QED) is 0.859. The fraction of sp³-hybridized carbons (Fsp3) is 0.688. The van der Waals surface area contributed by atoms with Gasteiger partial charge in [-0.05, 0) is 26.2 Å². The number of piperidine rings is 1. The molecule has 0 spiro atoms. The summed E-state index contributed by atoms with van der Waals surface area (Å²) in [5, 5.41) is 9.86. The first-order chi connectivity index (χ1) is 10.9. The van der Waals surface area contributed by atoms with Gasteiger partial charge in [0.15, 0.2) is 0 Å². The van der Waals surface area contributed by atoms with Gasteiger partial charge in [-0.2, -0.15) is 0 Å². The van der Waals surface area contributed by atoms with Crippen LogP contribution in [0.2, 0.25) is 0 Å². The van der Waals surface area contributed by atoms with Gasteiger partial charge < -0.3 is 14.7 Å². The van der Waals surface area contributed by atoms with Gasteiger partial charge in [0.1, 0.15) is 0 Å². The third-order valence-corrected chi connectivity index (χ3v) is 4.44. The van der Waals surface area contributed by atoms with Crippen molar-refractivity contribution in [2.45, 2.75) is 52.6 Å². The Morgan fingerprint density at radius 3 is 2.83 bits per heavy atom. The van der Waals surface area contributed by atoms with Gasteiger partial charge >= 0.3 is 0 Å². The lowest BCUT2D eigenvalue weighted by molar-refractivity contribution is -0.131.